The highest BCUT2D eigenvalue weighted by Gasteiger charge is 2.48. The third-order valence-corrected chi connectivity index (χ3v) is 9.85. The molecule has 52 heavy (non-hydrogen) atoms. The Morgan fingerprint density at radius 2 is 1.42 bits per heavy atom. The van der Waals surface area contributed by atoms with Gasteiger partial charge in [-0.25, -0.2) is 33.7 Å². The van der Waals surface area contributed by atoms with Crippen molar-refractivity contribution in [1.82, 2.24) is 24.4 Å². The number of nitrogens with two attached hydrogens (primary N) is 2. The van der Waals surface area contributed by atoms with Gasteiger partial charge in [-0.05, 0) is 6.42 Å². The lowest BCUT2D eigenvalue weighted by molar-refractivity contribution is -0.134. The summed E-state index contributed by atoms with van der Waals surface area (Å²) in [5.74, 6) is -3.17. The van der Waals surface area contributed by atoms with Crippen molar-refractivity contribution in [3.8, 4) is 0 Å². The van der Waals surface area contributed by atoms with Gasteiger partial charge in [0, 0.05) is 30.1 Å². The molecule has 5 rings (SSSR count). The second kappa shape index (κ2) is 16.6. The van der Waals surface area contributed by atoms with E-state index in [4.69, 9.17) is 40.2 Å². The van der Waals surface area contributed by atoms with Gasteiger partial charge in [-0.1, -0.05) is 6.08 Å². The van der Waals surface area contributed by atoms with Gasteiger partial charge in [0.15, 0.2) is 23.9 Å². The molecule has 2 unspecified atom stereocenters. The molecule has 27 heteroatoms. The maximum Gasteiger partial charge on any atom is 0.481 e. The number of hydrogen-bond donors (Lipinski definition) is 10. The molecule has 0 spiro atoms. The number of aliphatic hydroxyl groups excluding tert-OH is 4. The number of aliphatic hydroxyl groups is 4. The van der Waals surface area contributed by atoms with Gasteiger partial charge < -0.3 is 66.3 Å². The first kappa shape index (κ1) is 40.6. The zero-order valence-electron chi connectivity index (χ0n) is 26.2. The maximum atomic E-state index is 12.4. The first-order valence-electron chi connectivity index (χ1n) is 14.5. The molecule has 2 saturated heterocycles. The molecule has 3 aliphatic rings. The number of ether oxygens (including phenoxy) is 2. The Labute approximate surface area is 290 Å². The van der Waals surface area contributed by atoms with Crippen molar-refractivity contribution in [2.45, 2.75) is 55.5 Å². The normalized spacial score (nSPS) is 29.7. The molecule has 0 radical (unpaired) electrons. The zero-order chi connectivity index (χ0) is 38.5. The quantitative estimate of drug-likeness (QED) is 0.0716. The number of phosphoric acid groups is 2. The molecule has 0 aromatic carbocycles. The molecule has 10 atom stereocenters. The van der Waals surface area contributed by atoms with E-state index in [1.54, 1.807) is 6.08 Å². The van der Waals surface area contributed by atoms with Gasteiger partial charge >= 0.3 is 27.6 Å². The van der Waals surface area contributed by atoms with Crippen LogP contribution in [-0.4, -0.2) is 139 Å². The summed E-state index contributed by atoms with van der Waals surface area (Å²) in [6, 6.07) is 0. The van der Waals surface area contributed by atoms with Crippen LogP contribution in [0, 0.1) is 0 Å². The average molecular weight is 782 g/mol. The number of aliphatic carboxylic acids is 2. The Morgan fingerprint density at radius 3 is 1.96 bits per heavy atom. The van der Waals surface area contributed by atoms with E-state index in [9.17, 15) is 53.7 Å². The summed E-state index contributed by atoms with van der Waals surface area (Å²) in [4.78, 5) is 63.7. The number of anilines is 1. The van der Waals surface area contributed by atoms with E-state index >= 15 is 0 Å². The molecule has 5 heterocycles. The van der Waals surface area contributed by atoms with Crippen LogP contribution in [-0.2, 0) is 46.3 Å². The van der Waals surface area contributed by atoms with Crippen LogP contribution in [0.25, 0.3) is 11.2 Å². The highest BCUT2D eigenvalue weighted by Crippen LogP contribution is 2.60. The SMILES string of the molecule is NC(=O)C1=CN([C@@H]2O[C@H](COP(=O)(O)OP(=O)(O)OC[C@H]3O[C@@H](n4cnc5c(N)ncnc54)[C@H](O)[C@@H]3O)[C@@H](O)[C@H]2O)C=CC1.O=C(O)/C=C/C(=O)O. The molecular formula is C25H33N7O18P2. The van der Waals surface area contributed by atoms with E-state index < -0.39 is 95.8 Å². The summed E-state index contributed by atoms with van der Waals surface area (Å²) in [5, 5.41) is 57.3. The van der Waals surface area contributed by atoms with Gasteiger partial charge in [-0.3, -0.25) is 18.4 Å². The van der Waals surface area contributed by atoms with Crippen molar-refractivity contribution >= 4 is 50.5 Å². The number of phosphoric ester groups is 2. The summed E-state index contributed by atoms with van der Waals surface area (Å²) in [5.41, 5.74) is 11.6. The Balaban J connectivity index is 0.000000677. The van der Waals surface area contributed by atoms with Gasteiger partial charge in [-0.2, -0.15) is 4.31 Å². The zero-order valence-corrected chi connectivity index (χ0v) is 28.0. The van der Waals surface area contributed by atoms with Gasteiger partial charge in [0.05, 0.1) is 19.5 Å². The lowest BCUT2D eigenvalue weighted by Crippen LogP contribution is -2.40. The molecule has 2 aromatic rings. The number of fused-ring (bicyclic) bond motifs is 1. The van der Waals surface area contributed by atoms with Crippen molar-refractivity contribution in [1.29, 1.82) is 0 Å². The van der Waals surface area contributed by atoms with Crippen molar-refractivity contribution < 1.29 is 86.8 Å². The highest BCUT2D eigenvalue weighted by atomic mass is 31.3. The fraction of sp³-hybridized carbons (Fsp3) is 0.440. The van der Waals surface area contributed by atoms with Crippen molar-refractivity contribution in [3.63, 3.8) is 0 Å². The van der Waals surface area contributed by atoms with Gasteiger partial charge in [0.25, 0.3) is 0 Å². The highest BCUT2D eigenvalue weighted by molar-refractivity contribution is 7.61. The Bertz CT molecular complexity index is 1820. The molecular weight excluding hydrogens is 748 g/mol. The van der Waals surface area contributed by atoms with Crippen LogP contribution in [0.4, 0.5) is 5.82 Å². The fourth-order valence-corrected chi connectivity index (χ4v) is 6.91. The first-order valence-corrected chi connectivity index (χ1v) is 17.5. The minimum Gasteiger partial charge on any atom is -0.478 e. The van der Waals surface area contributed by atoms with E-state index in [0.717, 1.165) is 6.33 Å². The van der Waals surface area contributed by atoms with Crippen molar-refractivity contribution in [3.05, 3.63) is 48.9 Å². The number of carbonyl (C=O) groups is 3. The molecule has 1 amide bonds. The molecule has 0 aliphatic carbocycles. The molecule has 12 N–H and O–H groups in total. The van der Waals surface area contributed by atoms with Crippen LogP contribution in [0.2, 0.25) is 0 Å². The van der Waals surface area contributed by atoms with Crippen molar-refractivity contribution in [2.24, 2.45) is 5.73 Å². The number of amides is 1. The number of primary amides is 1. The van der Waals surface area contributed by atoms with Crippen LogP contribution in [0.1, 0.15) is 12.6 Å². The minimum absolute atomic E-state index is 0.0517. The first-order chi connectivity index (χ1) is 24.3. The summed E-state index contributed by atoms with van der Waals surface area (Å²) < 4.78 is 50.8. The monoisotopic (exact) mass is 781 g/mol. The van der Waals surface area contributed by atoms with Gasteiger partial charge in [-0.15, -0.1) is 0 Å². The van der Waals surface area contributed by atoms with Crippen LogP contribution in [0.5, 0.6) is 0 Å². The molecule has 25 nitrogen and oxygen atoms in total. The number of allylic oxidation sites excluding steroid dienone is 1. The third-order valence-electron chi connectivity index (χ3n) is 7.24. The van der Waals surface area contributed by atoms with E-state index in [1.807, 2.05) is 0 Å². The lowest BCUT2D eigenvalue weighted by atomic mass is 10.1. The predicted octanol–water partition coefficient (Wildman–Crippen LogP) is -2.97. The molecule has 286 valence electrons. The van der Waals surface area contributed by atoms with Gasteiger partial charge in [0.1, 0.15) is 48.5 Å². The smallest absolute Gasteiger partial charge is 0.478 e. The molecule has 2 aromatic heterocycles. The number of aromatic nitrogens is 4. The maximum absolute atomic E-state index is 12.4. The van der Waals surface area contributed by atoms with Crippen molar-refractivity contribution in [2.75, 3.05) is 18.9 Å². The molecule has 0 bridgehead atoms. The lowest BCUT2D eigenvalue weighted by Gasteiger charge is -2.28. The second-order valence-electron chi connectivity index (χ2n) is 10.9. The van der Waals surface area contributed by atoms with Crippen LogP contribution >= 0.6 is 15.6 Å². The number of nitrogens with zero attached hydrogens (tertiary/aromatic N) is 5. The summed E-state index contributed by atoms with van der Waals surface area (Å²) in [6.07, 6.45) is -3.76. The number of hydrogen-bond acceptors (Lipinski definition) is 19. The van der Waals surface area contributed by atoms with Crippen LogP contribution in [0.3, 0.4) is 0 Å². The predicted molar refractivity (Wildman–Crippen MR) is 166 cm³/mol. The minimum atomic E-state index is -5.37. The Kier molecular flexibility index (Phi) is 13.0. The second-order valence-corrected chi connectivity index (χ2v) is 13.9. The third kappa shape index (κ3) is 10.0. The number of rotatable bonds is 13. The summed E-state index contributed by atoms with van der Waals surface area (Å²) in [6.45, 7) is -1.79. The number of carbonyl (C=O) groups excluding carboxylic acids is 1. The topological polar surface area (TPSA) is 392 Å². The summed E-state index contributed by atoms with van der Waals surface area (Å²) in [7, 11) is -10.7. The Morgan fingerprint density at radius 1 is 0.885 bits per heavy atom. The number of carboxylic acid groups (broad SMARTS) is 2. The number of imidazole rings is 1. The van der Waals surface area contributed by atoms with E-state index in [-0.39, 0.29) is 29.0 Å². The Hall–Kier alpha value is -4.20. The van der Waals surface area contributed by atoms with Crippen LogP contribution in [0.15, 0.2) is 48.9 Å². The number of nitrogen functional groups attached to an aromatic ring is 1. The van der Waals surface area contributed by atoms with E-state index in [0.29, 0.717) is 12.2 Å². The van der Waals surface area contributed by atoms with E-state index in [1.165, 1.54) is 28.2 Å². The largest absolute Gasteiger partial charge is 0.481 e. The van der Waals surface area contributed by atoms with Crippen LogP contribution < -0.4 is 11.5 Å². The fourth-order valence-electron chi connectivity index (χ4n) is 4.82. The summed E-state index contributed by atoms with van der Waals surface area (Å²) >= 11 is 0. The molecule has 0 saturated carbocycles. The van der Waals surface area contributed by atoms with E-state index in [2.05, 4.69) is 19.3 Å². The molecule has 3 aliphatic heterocycles. The van der Waals surface area contributed by atoms with Gasteiger partial charge in [0.2, 0.25) is 5.91 Å². The molecule has 2 fully saturated rings. The standard InChI is InChI=1S/C21H29N7O14P2.C4H4O4/c22-17-12-19(25-7-24-17)28(8-26-12)21-16(32)14(30)11(41-21)6-39-44(36,37)42-43(34,35)38-5-10-13(29)15(31)20(40-10)27-3-1-2-9(4-27)18(23)33;5-3(6)1-2-4(7)8/h1,3-4,7-8,10-11,13-16,20-21,29-32H,2,5-6H2,(H2,23,33)(H,34,35)(H,36,37)(H2,22,24,25);1-2H,(H,5,6)(H,7,8)/b;2-1+/t10-,11-,13-,14-,15-,16-,20-,21-;/m1./s1. The average Bonchev–Trinajstić information content (AvgIpc) is 3.72. The number of carboxylic acids is 2.